The SMILES string of the molecule is Cc1ccc2[nH]c(=S)n(CCCN3CCOCC3)c2n1. The van der Waals surface area contributed by atoms with Gasteiger partial charge in [0.25, 0.3) is 0 Å². The highest BCUT2D eigenvalue weighted by Gasteiger charge is 2.11. The van der Waals surface area contributed by atoms with Crippen LogP contribution in [0.25, 0.3) is 11.2 Å². The minimum absolute atomic E-state index is 0.764. The number of morpholine rings is 1. The average molecular weight is 292 g/mol. The van der Waals surface area contributed by atoms with E-state index < -0.39 is 0 Å². The second kappa shape index (κ2) is 6.03. The molecule has 1 saturated heterocycles. The van der Waals surface area contributed by atoms with Gasteiger partial charge >= 0.3 is 0 Å². The van der Waals surface area contributed by atoms with Gasteiger partial charge in [0.2, 0.25) is 0 Å². The number of H-pyrrole nitrogens is 1. The molecule has 3 rings (SSSR count). The summed E-state index contributed by atoms with van der Waals surface area (Å²) >= 11 is 5.40. The Morgan fingerprint density at radius 1 is 1.30 bits per heavy atom. The van der Waals surface area contributed by atoms with Crippen molar-refractivity contribution in [2.24, 2.45) is 0 Å². The van der Waals surface area contributed by atoms with Crippen molar-refractivity contribution in [2.45, 2.75) is 19.9 Å². The van der Waals surface area contributed by atoms with Crippen LogP contribution >= 0.6 is 12.2 Å². The first-order valence-corrected chi connectivity index (χ1v) is 7.51. The van der Waals surface area contributed by atoms with Crippen LogP contribution in [0.15, 0.2) is 12.1 Å². The summed E-state index contributed by atoms with van der Waals surface area (Å²) in [4.78, 5) is 10.3. The molecule has 1 fully saturated rings. The molecule has 0 aromatic carbocycles. The van der Waals surface area contributed by atoms with Crippen LogP contribution in [0.2, 0.25) is 0 Å². The molecule has 20 heavy (non-hydrogen) atoms. The van der Waals surface area contributed by atoms with Crippen LogP contribution in [0.4, 0.5) is 0 Å². The summed E-state index contributed by atoms with van der Waals surface area (Å²) in [6.45, 7) is 7.79. The van der Waals surface area contributed by atoms with Crippen molar-refractivity contribution in [3.63, 3.8) is 0 Å². The van der Waals surface area contributed by atoms with Gasteiger partial charge in [0.05, 0.1) is 18.7 Å². The third-order valence-electron chi connectivity index (χ3n) is 3.72. The van der Waals surface area contributed by atoms with Crippen molar-refractivity contribution in [3.8, 4) is 0 Å². The van der Waals surface area contributed by atoms with Crippen LogP contribution in [0.3, 0.4) is 0 Å². The molecule has 0 bridgehead atoms. The highest BCUT2D eigenvalue weighted by molar-refractivity contribution is 7.71. The van der Waals surface area contributed by atoms with E-state index in [2.05, 4.69) is 19.4 Å². The second-order valence-electron chi connectivity index (χ2n) is 5.21. The maximum absolute atomic E-state index is 5.40. The highest BCUT2D eigenvalue weighted by atomic mass is 32.1. The molecule has 1 N–H and O–H groups in total. The minimum atomic E-state index is 0.764. The highest BCUT2D eigenvalue weighted by Crippen LogP contribution is 2.13. The Morgan fingerprint density at radius 3 is 2.90 bits per heavy atom. The predicted molar refractivity (Wildman–Crippen MR) is 81.5 cm³/mol. The van der Waals surface area contributed by atoms with Gasteiger partial charge in [-0.05, 0) is 37.7 Å². The zero-order valence-corrected chi connectivity index (χ0v) is 12.6. The van der Waals surface area contributed by atoms with Crippen LogP contribution in [0.5, 0.6) is 0 Å². The molecular weight excluding hydrogens is 272 g/mol. The molecule has 1 aliphatic rings. The summed E-state index contributed by atoms with van der Waals surface area (Å²) in [5.41, 5.74) is 3.01. The molecule has 0 atom stereocenters. The molecule has 0 unspecified atom stereocenters. The molecule has 0 spiro atoms. The van der Waals surface area contributed by atoms with Crippen LogP contribution in [-0.2, 0) is 11.3 Å². The van der Waals surface area contributed by atoms with Crippen molar-refractivity contribution in [1.82, 2.24) is 19.4 Å². The zero-order valence-electron chi connectivity index (χ0n) is 11.8. The van der Waals surface area contributed by atoms with Crippen molar-refractivity contribution in [3.05, 3.63) is 22.6 Å². The molecular formula is C14H20N4OS. The second-order valence-corrected chi connectivity index (χ2v) is 5.60. The lowest BCUT2D eigenvalue weighted by atomic mass is 10.3. The van der Waals surface area contributed by atoms with Crippen molar-refractivity contribution < 1.29 is 4.74 Å². The number of aryl methyl sites for hydroxylation is 2. The molecule has 0 aliphatic carbocycles. The number of imidazole rings is 1. The lowest BCUT2D eigenvalue weighted by molar-refractivity contribution is 0.0369. The first kappa shape index (κ1) is 13.7. The van der Waals surface area contributed by atoms with Gasteiger partial charge in [0.15, 0.2) is 10.4 Å². The molecule has 0 radical (unpaired) electrons. The van der Waals surface area contributed by atoms with Gasteiger partial charge in [-0.1, -0.05) is 0 Å². The van der Waals surface area contributed by atoms with Gasteiger partial charge in [0.1, 0.15) is 0 Å². The largest absolute Gasteiger partial charge is 0.379 e. The predicted octanol–water partition coefficient (Wildman–Crippen LogP) is 2.12. The topological polar surface area (TPSA) is 46.1 Å². The monoisotopic (exact) mass is 292 g/mol. The maximum atomic E-state index is 5.40. The molecule has 2 aromatic rings. The number of nitrogens with one attached hydrogen (secondary N) is 1. The number of nitrogens with zero attached hydrogens (tertiary/aromatic N) is 3. The molecule has 3 heterocycles. The molecule has 0 amide bonds. The molecule has 108 valence electrons. The molecule has 1 aliphatic heterocycles. The fourth-order valence-corrected chi connectivity index (χ4v) is 2.90. The maximum Gasteiger partial charge on any atom is 0.179 e. The van der Waals surface area contributed by atoms with Gasteiger partial charge in [-0.2, -0.15) is 0 Å². The summed E-state index contributed by atoms with van der Waals surface area (Å²) in [6, 6.07) is 4.05. The van der Waals surface area contributed by atoms with Crippen molar-refractivity contribution in [1.29, 1.82) is 0 Å². The number of pyridine rings is 1. The number of aromatic amines is 1. The van der Waals surface area contributed by atoms with Crippen LogP contribution in [0.1, 0.15) is 12.1 Å². The number of aromatic nitrogens is 3. The van der Waals surface area contributed by atoms with Crippen LogP contribution < -0.4 is 0 Å². The lowest BCUT2D eigenvalue weighted by Crippen LogP contribution is -2.37. The summed E-state index contributed by atoms with van der Waals surface area (Å²) in [6.07, 6.45) is 1.08. The average Bonchev–Trinajstić information content (AvgIpc) is 2.76. The van der Waals surface area contributed by atoms with E-state index in [1.807, 2.05) is 19.1 Å². The summed E-state index contributed by atoms with van der Waals surface area (Å²) in [5.74, 6) is 0. The summed E-state index contributed by atoms with van der Waals surface area (Å²) < 4.78 is 8.24. The van der Waals surface area contributed by atoms with Gasteiger partial charge in [-0.3, -0.25) is 4.90 Å². The Balaban J connectivity index is 1.69. The van der Waals surface area contributed by atoms with E-state index in [1.165, 1.54) is 0 Å². The smallest absolute Gasteiger partial charge is 0.179 e. The molecule has 2 aromatic heterocycles. The third-order valence-corrected chi connectivity index (χ3v) is 4.04. The normalized spacial score (nSPS) is 16.9. The van der Waals surface area contributed by atoms with E-state index in [0.29, 0.717) is 0 Å². The van der Waals surface area contributed by atoms with Crippen LogP contribution in [0, 0.1) is 11.7 Å². The minimum Gasteiger partial charge on any atom is -0.379 e. The van der Waals surface area contributed by atoms with Crippen LogP contribution in [-0.4, -0.2) is 52.3 Å². The first-order chi connectivity index (χ1) is 9.74. The Morgan fingerprint density at radius 2 is 2.10 bits per heavy atom. The van der Waals surface area contributed by atoms with E-state index in [-0.39, 0.29) is 0 Å². The fourth-order valence-electron chi connectivity index (χ4n) is 2.61. The van der Waals surface area contributed by atoms with Gasteiger partial charge in [-0.25, -0.2) is 4.98 Å². The van der Waals surface area contributed by atoms with Crippen molar-refractivity contribution in [2.75, 3.05) is 32.8 Å². The van der Waals surface area contributed by atoms with E-state index in [1.54, 1.807) is 0 Å². The van der Waals surface area contributed by atoms with E-state index in [9.17, 15) is 0 Å². The Labute approximate surface area is 123 Å². The van der Waals surface area contributed by atoms with Gasteiger partial charge < -0.3 is 14.3 Å². The lowest BCUT2D eigenvalue weighted by Gasteiger charge is -2.26. The Hall–Kier alpha value is -1.24. The number of ether oxygens (including phenoxy) is 1. The number of hydrogen-bond donors (Lipinski definition) is 1. The molecule has 0 saturated carbocycles. The fraction of sp³-hybridized carbons (Fsp3) is 0.571. The van der Waals surface area contributed by atoms with E-state index >= 15 is 0 Å². The quantitative estimate of drug-likeness (QED) is 0.877. The molecule has 5 nitrogen and oxygen atoms in total. The number of hydrogen-bond acceptors (Lipinski definition) is 4. The standard InChI is InChI=1S/C14H20N4OS/c1-11-3-4-12-13(15-11)18(14(20)16-12)6-2-5-17-7-9-19-10-8-17/h3-4H,2,5-10H2,1H3,(H,16,20). The summed E-state index contributed by atoms with van der Waals surface area (Å²) in [5, 5.41) is 0. The van der Waals surface area contributed by atoms with E-state index in [0.717, 1.165) is 67.4 Å². The van der Waals surface area contributed by atoms with Crippen molar-refractivity contribution >= 4 is 23.4 Å². The van der Waals surface area contributed by atoms with Gasteiger partial charge in [-0.15, -0.1) is 0 Å². The summed E-state index contributed by atoms with van der Waals surface area (Å²) in [7, 11) is 0. The number of rotatable bonds is 4. The third kappa shape index (κ3) is 2.92. The Bertz CT molecular complexity index is 642. The zero-order chi connectivity index (χ0) is 13.9. The molecule has 6 heteroatoms. The number of fused-ring (bicyclic) bond motifs is 1. The van der Waals surface area contributed by atoms with Gasteiger partial charge in [0, 0.05) is 31.9 Å². The Kier molecular flexibility index (Phi) is 4.14. The van der Waals surface area contributed by atoms with E-state index in [4.69, 9.17) is 17.0 Å². The first-order valence-electron chi connectivity index (χ1n) is 7.10.